The number of nitrogens with one attached hydrogen (secondary N) is 1. The molecular weight excluding hydrogens is 402 g/mol. The largest absolute Gasteiger partial charge is 0.497 e. The van der Waals surface area contributed by atoms with Crippen LogP contribution in [0.5, 0.6) is 17.2 Å². The molecule has 1 heterocycles. The molecule has 1 N–H and O–H groups in total. The quantitative estimate of drug-likeness (QED) is 0.591. The smallest absolute Gasteiger partial charge is 0.241 e. The van der Waals surface area contributed by atoms with Crippen LogP contribution in [0.3, 0.4) is 0 Å². The zero-order chi connectivity index (χ0) is 22.3. The Labute approximate surface area is 189 Å². The van der Waals surface area contributed by atoms with E-state index in [9.17, 15) is 4.79 Å². The average molecular weight is 432 g/mol. The number of amides is 1. The number of nitrogens with zero attached hydrogens (tertiary/aromatic N) is 2. The third-order valence-corrected chi connectivity index (χ3v) is 5.76. The topological polar surface area (TPSA) is 54.0 Å². The van der Waals surface area contributed by atoms with Gasteiger partial charge in [0.2, 0.25) is 5.91 Å². The predicted octanol–water partition coefficient (Wildman–Crippen LogP) is 4.64. The Hall–Kier alpha value is -3.51. The Bertz CT molecular complexity index is 1020. The zero-order valence-electron chi connectivity index (χ0n) is 18.5. The third kappa shape index (κ3) is 5.39. The van der Waals surface area contributed by atoms with Crippen molar-refractivity contribution in [3.05, 3.63) is 78.9 Å². The van der Waals surface area contributed by atoms with Crippen molar-refractivity contribution >= 4 is 17.3 Å². The second-order valence-electron chi connectivity index (χ2n) is 7.83. The van der Waals surface area contributed by atoms with Gasteiger partial charge in [-0.2, -0.15) is 0 Å². The van der Waals surface area contributed by atoms with Crippen molar-refractivity contribution in [3.8, 4) is 17.2 Å². The molecule has 1 saturated heterocycles. The van der Waals surface area contributed by atoms with Gasteiger partial charge in [-0.15, -0.1) is 0 Å². The van der Waals surface area contributed by atoms with E-state index in [1.165, 1.54) is 0 Å². The SMILES string of the molecule is COc1cccc(N2CCN(C(C)C(=O)Nc3ccc(Oc4ccccc4)cc3)CC2)c1. The van der Waals surface area contributed by atoms with E-state index in [0.29, 0.717) is 0 Å². The van der Waals surface area contributed by atoms with E-state index in [2.05, 4.69) is 27.2 Å². The number of hydrogen-bond donors (Lipinski definition) is 1. The number of benzene rings is 3. The number of carbonyl (C=O) groups is 1. The lowest BCUT2D eigenvalue weighted by atomic mass is 10.2. The fourth-order valence-corrected chi connectivity index (χ4v) is 3.82. The molecule has 0 aliphatic carbocycles. The van der Waals surface area contributed by atoms with Gasteiger partial charge in [-0.1, -0.05) is 24.3 Å². The highest BCUT2D eigenvalue weighted by atomic mass is 16.5. The molecule has 0 radical (unpaired) electrons. The molecule has 3 aromatic carbocycles. The molecule has 6 nitrogen and oxygen atoms in total. The van der Waals surface area contributed by atoms with E-state index < -0.39 is 0 Å². The molecule has 1 aliphatic heterocycles. The molecule has 1 atom stereocenters. The van der Waals surface area contributed by atoms with Gasteiger partial charge in [0.25, 0.3) is 0 Å². The van der Waals surface area contributed by atoms with Crippen LogP contribution < -0.4 is 19.7 Å². The molecule has 3 aromatic rings. The minimum atomic E-state index is -0.206. The van der Waals surface area contributed by atoms with Gasteiger partial charge in [-0.25, -0.2) is 0 Å². The van der Waals surface area contributed by atoms with E-state index >= 15 is 0 Å². The molecule has 0 saturated carbocycles. The Morgan fingerprint density at radius 1 is 0.844 bits per heavy atom. The van der Waals surface area contributed by atoms with Crippen LogP contribution >= 0.6 is 0 Å². The van der Waals surface area contributed by atoms with Crippen molar-refractivity contribution in [3.63, 3.8) is 0 Å². The molecule has 0 bridgehead atoms. The molecule has 1 aliphatic rings. The van der Waals surface area contributed by atoms with Crippen LogP contribution in [-0.4, -0.2) is 50.1 Å². The molecule has 1 unspecified atom stereocenters. The minimum absolute atomic E-state index is 0.00319. The van der Waals surface area contributed by atoms with Crippen LogP contribution in [0.15, 0.2) is 78.9 Å². The van der Waals surface area contributed by atoms with Gasteiger partial charge in [0.15, 0.2) is 0 Å². The van der Waals surface area contributed by atoms with E-state index in [1.54, 1.807) is 7.11 Å². The van der Waals surface area contributed by atoms with Crippen molar-refractivity contribution in [2.45, 2.75) is 13.0 Å². The summed E-state index contributed by atoms with van der Waals surface area (Å²) in [6.45, 7) is 5.36. The van der Waals surface area contributed by atoms with Gasteiger partial charge in [0.1, 0.15) is 17.2 Å². The van der Waals surface area contributed by atoms with Gasteiger partial charge in [0.05, 0.1) is 13.2 Å². The summed E-state index contributed by atoms with van der Waals surface area (Å²) < 4.78 is 11.1. The van der Waals surface area contributed by atoms with Crippen LogP contribution in [0.25, 0.3) is 0 Å². The van der Waals surface area contributed by atoms with Crippen molar-refractivity contribution in [2.75, 3.05) is 43.5 Å². The predicted molar refractivity (Wildman–Crippen MR) is 128 cm³/mol. The number of ether oxygens (including phenoxy) is 2. The molecular formula is C26H29N3O3. The highest BCUT2D eigenvalue weighted by molar-refractivity contribution is 5.94. The van der Waals surface area contributed by atoms with Crippen LogP contribution in [-0.2, 0) is 4.79 Å². The summed E-state index contributed by atoms with van der Waals surface area (Å²) in [6.07, 6.45) is 0. The van der Waals surface area contributed by atoms with Crippen molar-refractivity contribution in [2.24, 2.45) is 0 Å². The molecule has 32 heavy (non-hydrogen) atoms. The Morgan fingerprint density at radius 2 is 1.50 bits per heavy atom. The second kappa shape index (κ2) is 10.2. The number of rotatable bonds is 7. The molecule has 1 fully saturated rings. The average Bonchev–Trinajstić information content (AvgIpc) is 2.85. The van der Waals surface area contributed by atoms with Gasteiger partial charge in [-0.05, 0) is 55.5 Å². The maximum absolute atomic E-state index is 12.8. The van der Waals surface area contributed by atoms with Crippen LogP contribution in [0.4, 0.5) is 11.4 Å². The number of methoxy groups -OCH3 is 1. The normalized spacial score (nSPS) is 15.1. The van der Waals surface area contributed by atoms with Crippen molar-refractivity contribution < 1.29 is 14.3 Å². The molecule has 1 amide bonds. The third-order valence-electron chi connectivity index (χ3n) is 5.76. The highest BCUT2D eigenvalue weighted by Gasteiger charge is 2.26. The number of piperazine rings is 1. The van der Waals surface area contributed by atoms with E-state index in [1.807, 2.05) is 73.7 Å². The highest BCUT2D eigenvalue weighted by Crippen LogP contribution is 2.24. The maximum atomic E-state index is 12.8. The van der Waals surface area contributed by atoms with Crippen LogP contribution in [0.1, 0.15) is 6.92 Å². The van der Waals surface area contributed by atoms with E-state index in [4.69, 9.17) is 9.47 Å². The lowest BCUT2D eigenvalue weighted by Gasteiger charge is -2.38. The van der Waals surface area contributed by atoms with Crippen LogP contribution in [0, 0.1) is 0 Å². The summed E-state index contributed by atoms with van der Waals surface area (Å²) >= 11 is 0. The molecule has 6 heteroatoms. The summed E-state index contributed by atoms with van der Waals surface area (Å²) in [5.41, 5.74) is 1.91. The Kier molecular flexibility index (Phi) is 6.92. The first kappa shape index (κ1) is 21.7. The number of carbonyl (C=O) groups excluding carboxylic acids is 1. The molecule has 4 rings (SSSR count). The number of hydrogen-bond acceptors (Lipinski definition) is 5. The first-order valence-electron chi connectivity index (χ1n) is 10.9. The van der Waals surface area contributed by atoms with E-state index in [0.717, 1.165) is 54.8 Å². The van der Waals surface area contributed by atoms with Gasteiger partial charge < -0.3 is 19.7 Å². The van der Waals surface area contributed by atoms with Crippen molar-refractivity contribution in [1.82, 2.24) is 4.90 Å². The number of para-hydroxylation sites is 1. The van der Waals surface area contributed by atoms with Gasteiger partial charge >= 0.3 is 0 Å². The monoisotopic (exact) mass is 431 g/mol. The zero-order valence-corrected chi connectivity index (χ0v) is 18.5. The summed E-state index contributed by atoms with van der Waals surface area (Å²) in [4.78, 5) is 17.4. The fourth-order valence-electron chi connectivity index (χ4n) is 3.82. The lowest BCUT2D eigenvalue weighted by molar-refractivity contribution is -0.120. The lowest BCUT2D eigenvalue weighted by Crippen LogP contribution is -2.52. The van der Waals surface area contributed by atoms with Crippen molar-refractivity contribution in [1.29, 1.82) is 0 Å². The first-order valence-corrected chi connectivity index (χ1v) is 10.9. The minimum Gasteiger partial charge on any atom is -0.497 e. The summed E-state index contributed by atoms with van der Waals surface area (Å²) in [5, 5.41) is 3.02. The summed E-state index contributed by atoms with van der Waals surface area (Å²) in [7, 11) is 1.68. The van der Waals surface area contributed by atoms with Gasteiger partial charge in [-0.3, -0.25) is 9.69 Å². The summed E-state index contributed by atoms with van der Waals surface area (Å²) in [5.74, 6) is 2.37. The fraction of sp³-hybridized carbons (Fsp3) is 0.269. The molecule has 0 spiro atoms. The van der Waals surface area contributed by atoms with E-state index in [-0.39, 0.29) is 11.9 Å². The van der Waals surface area contributed by atoms with Crippen LogP contribution in [0.2, 0.25) is 0 Å². The maximum Gasteiger partial charge on any atom is 0.241 e. The second-order valence-corrected chi connectivity index (χ2v) is 7.83. The Morgan fingerprint density at radius 3 is 2.19 bits per heavy atom. The number of anilines is 2. The van der Waals surface area contributed by atoms with Gasteiger partial charge in [0, 0.05) is 43.6 Å². The first-order chi connectivity index (χ1) is 15.6. The molecule has 0 aromatic heterocycles. The Balaban J connectivity index is 1.28. The standard InChI is InChI=1S/C26H29N3O3/c1-20(28-15-17-29(18-16-28)22-7-6-10-25(19-22)31-2)26(30)27-21-11-13-24(14-12-21)32-23-8-4-3-5-9-23/h3-14,19-20H,15-18H2,1-2H3,(H,27,30). The molecule has 166 valence electrons. The summed E-state index contributed by atoms with van der Waals surface area (Å²) in [6, 6.07) is 25.0.